The van der Waals surface area contributed by atoms with Crippen LogP contribution in [0.4, 0.5) is 0 Å². The molecule has 0 aliphatic heterocycles. The molecule has 0 saturated heterocycles. The Balaban J connectivity index is 4.07. The largest absolute Gasteiger partial charge is 0.330 e. The quantitative estimate of drug-likeness (QED) is 0.668. The van der Waals surface area contributed by atoms with Crippen LogP contribution >= 0.6 is 0 Å². The number of ketones is 1. The van der Waals surface area contributed by atoms with Crippen LogP contribution in [0.15, 0.2) is 0 Å². The molecule has 14 heavy (non-hydrogen) atoms. The summed E-state index contributed by atoms with van der Waals surface area (Å²) in [6.07, 6.45) is 4.08. The minimum atomic E-state index is -0.191. The highest BCUT2D eigenvalue weighted by atomic mass is 16.1. The van der Waals surface area contributed by atoms with Crippen LogP contribution in [0.1, 0.15) is 53.4 Å². The molecular formula is C12H25NO. The van der Waals surface area contributed by atoms with Gasteiger partial charge in [-0.2, -0.15) is 0 Å². The first-order valence-corrected chi connectivity index (χ1v) is 5.67. The molecule has 0 radical (unpaired) electrons. The maximum absolute atomic E-state index is 12.0. The van der Waals surface area contributed by atoms with Crippen molar-refractivity contribution in [1.29, 1.82) is 0 Å². The average molecular weight is 199 g/mol. The van der Waals surface area contributed by atoms with E-state index in [0.717, 1.165) is 32.2 Å². The lowest BCUT2D eigenvalue weighted by Gasteiger charge is -2.23. The monoisotopic (exact) mass is 199 g/mol. The van der Waals surface area contributed by atoms with Gasteiger partial charge in [0.15, 0.2) is 0 Å². The fourth-order valence-corrected chi connectivity index (χ4v) is 1.67. The minimum Gasteiger partial charge on any atom is -0.330 e. The molecule has 0 aliphatic rings. The van der Waals surface area contributed by atoms with Crippen molar-refractivity contribution in [3.8, 4) is 0 Å². The first-order valence-electron chi connectivity index (χ1n) is 5.67. The van der Waals surface area contributed by atoms with Crippen LogP contribution in [-0.4, -0.2) is 12.3 Å². The maximum Gasteiger partial charge on any atom is 0.141 e. The Bertz CT molecular complexity index is 170. The zero-order valence-corrected chi connectivity index (χ0v) is 10.1. The van der Waals surface area contributed by atoms with Crippen LogP contribution in [0.25, 0.3) is 0 Å². The lowest BCUT2D eigenvalue weighted by Crippen LogP contribution is -2.28. The number of carbonyl (C=O) groups excluding carboxylic acids is 1. The van der Waals surface area contributed by atoms with Gasteiger partial charge in [0.2, 0.25) is 0 Å². The van der Waals surface area contributed by atoms with E-state index in [4.69, 9.17) is 5.73 Å². The molecule has 0 amide bonds. The van der Waals surface area contributed by atoms with Crippen molar-refractivity contribution in [2.45, 2.75) is 53.4 Å². The summed E-state index contributed by atoms with van der Waals surface area (Å²) in [5, 5.41) is 0. The summed E-state index contributed by atoms with van der Waals surface area (Å²) in [7, 11) is 0. The van der Waals surface area contributed by atoms with Gasteiger partial charge in [-0.3, -0.25) is 4.79 Å². The summed E-state index contributed by atoms with van der Waals surface area (Å²) >= 11 is 0. The number of hydrogen-bond donors (Lipinski definition) is 1. The van der Waals surface area contributed by atoms with Gasteiger partial charge in [-0.1, -0.05) is 34.1 Å². The number of carbonyl (C=O) groups is 1. The summed E-state index contributed by atoms with van der Waals surface area (Å²) < 4.78 is 0. The first kappa shape index (κ1) is 13.6. The predicted octanol–water partition coefficient (Wildman–Crippen LogP) is 2.76. The molecular weight excluding hydrogens is 174 g/mol. The van der Waals surface area contributed by atoms with Gasteiger partial charge in [0.05, 0.1) is 0 Å². The second-order valence-electron chi connectivity index (χ2n) is 5.00. The normalized spacial score (nSPS) is 14.1. The molecule has 0 fully saturated rings. The van der Waals surface area contributed by atoms with Crippen molar-refractivity contribution < 1.29 is 4.79 Å². The highest BCUT2D eigenvalue weighted by molar-refractivity contribution is 5.85. The van der Waals surface area contributed by atoms with E-state index in [2.05, 4.69) is 6.92 Å². The van der Waals surface area contributed by atoms with Crippen molar-refractivity contribution in [1.82, 2.24) is 0 Å². The number of nitrogens with two attached hydrogens (primary N) is 1. The van der Waals surface area contributed by atoms with Crippen molar-refractivity contribution in [2.75, 3.05) is 6.54 Å². The van der Waals surface area contributed by atoms with Gasteiger partial charge < -0.3 is 5.73 Å². The van der Waals surface area contributed by atoms with Gasteiger partial charge in [-0.15, -0.1) is 0 Å². The Morgan fingerprint density at radius 1 is 1.29 bits per heavy atom. The van der Waals surface area contributed by atoms with E-state index in [0.29, 0.717) is 5.78 Å². The fraction of sp³-hybridized carbons (Fsp3) is 0.917. The molecule has 0 aromatic rings. The van der Waals surface area contributed by atoms with Gasteiger partial charge in [0.25, 0.3) is 0 Å². The number of Topliss-reactive ketones (excluding diaryl/α,β-unsaturated/α-hetero) is 1. The van der Waals surface area contributed by atoms with Crippen LogP contribution < -0.4 is 5.73 Å². The molecule has 84 valence electrons. The molecule has 0 spiro atoms. The van der Waals surface area contributed by atoms with Gasteiger partial charge in [-0.05, 0) is 25.8 Å². The lowest BCUT2D eigenvalue weighted by molar-refractivity contribution is -0.130. The zero-order valence-electron chi connectivity index (χ0n) is 10.1. The molecule has 0 bridgehead atoms. The van der Waals surface area contributed by atoms with Gasteiger partial charge >= 0.3 is 0 Å². The number of unbranched alkanes of at least 4 members (excludes halogenated alkanes) is 1. The van der Waals surface area contributed by atoms with E-state index < -0.39 is 0 Å². The molecule has 0 aromatic carbocycles. The summed E-state index contributed by atoms with van der Waals surface area (Å²) in [5.41, 5.74) is 5.24. The summed E-state index contributed by atoms with van der Waals surface area (Å²) in [6, 6.07) is 0. The molecule has 2 heteroatoms. The standard InChI is InChI=1S/C12H25NO/c1-5-10(8-6-7-9-13)11(14)12(2,3)4/h10H,5-9,13H2,1-4H3/t10-/m1/s1. The molecule has 0 unspecified atom stereocenters. The predicted molar refractivity (Wildman–Crippen MR) is 61.1 cm³/mol. The second-order valence-corrected chi connectivity index (χ2v) is 5.00. The Morgan fingerprint density at radius 3 is 2.21 bits per heavy atom. The fourth-order valence-electron chi connectivity index (χ4n) is 1.67. The topological polar surface area (TPSA) is 43.1 Å². The van der Waals surface area contributed by atoms with E-state index in [1.165, 1.54) is 0 Å². The SMILES string of the molecule is CC[C@H](CCCCN)C(=O)C(C)(C)C. The van der Waals surface area contributed by atoms with E-state index in [9.17, 15) is 4.79 Å². The second kappa shape index (κ2) is 6.18. The van der Waals surface area contributed by atoms with Crippen LogP contribution in [0.5, 0.6) is 0 Å². The van der Waals surface area contributed by atoms with Crippen LogP contribution in [0.2, 0.25) is 0 Å². The molecule has 0 rings (SSSR count). The zero-order chi connectivity index (χ0) is 11.2. The third-order valence-electron chi connectivity index (χ3n) is 2.61. The Kier molecular flexibility index (Phi) is 6.01. The van der Waals surface area contributed by atoms with Crippen LogP contribution in [-0.2, 0) is 4.79 Å². The van der Waals surface area contributed by atoms with Crippen LogP contribution in [0, 0.1) is 11.3 Å². The molecule has 0 heterocycles. The van der Waals surface area contributed by atoms with E-state index in [1.54, 1.807) is 0 Å². The van der Waals surface area contributed by atoms with Crippen LogP contribution in [0.3, 0.4) is 0 Å². The molecule has 2 N–H and O–H groups in total. The first-order chi connectivity index (χ1) is 6.43. The van der Waals surface area contributed by atoms with Gasteiger partial charge in [-0.25, -0.2) is 0 Å². The van der Waals surface area contributed by atoms with E-state index in [1.807, 2.05) is 20.8 Å². The summed E-state index contributed by atoms with van der Waals surface area (Å²) in [5.74, 6) is 0.638. The Morgan fingerprint density at radius 2 is 1.86 bits per heavy atom. The average Bonchev–Trinajstić information content (AvgIpc) is 2.10. The van der Waals surface area contributed by atoms with E-state index in [-0.39, 0.29) is 11.3 Å². The van der Waals surface area contributed by atoms with Crippen molar-refractivity contribution in [3.05, 3.63) is 0 Å². The molecule has 2 nitrogen and oxygen atoms in total. The third-order valence-corrected chi connectivity index (χ3v) is 2.61. The maximum atomic E-state index is 12.0. The summed E-state index contributed by atoms with van der Waals surface area (Å²) in [4.78, 5) is 12.0. The molecule has 0 aromatic heterocycles. The lowest BCUT2D eigenvalue weighted by atomic mass is 9.80. The highest BCUT2D eigenvalue weighted by Crippen LogP contribution is 2.25. The van der Waals surface area contributed by atoms with Crippen molar-refractivity contribution in [2.24, 2.45) is 17.1 Å². The Hall–Kier alpha value is -0.370. The van der Waals surface area contributed by atoms with Gasteiger partial charge in [0, 0.05) is 11.3 Å². The van der Waals surface area contributed by atoms with Gasteiger partial charge in [0.1, 0.15) is 5.78 Å². The molecule has 0 saturated carbocycles. The third kappa shape index (κ3) is 4.75. The van der Waals surface area contributed by atoms with E-state index >= 15 is 0 Å². The number of rotatable bonds is 6. The smallest absolute Gasteiger partial charge is 0.141 e. The number of hydrogen-bond acceptors (Lipinski definition) is 2. The summed E-state index contributed by atoms with van der Waals surface area (Å²) in [6.45, 7) is 8.83. The molecule has 1 atom stereocenters. The minimum absolute atomic E-state index is 0.191. The van der Waals surface area contributed by atoms with Crippen molar-refractivity contribution >= 4 is 5.78 Å². The van der Waals surface area contributed by atoms with Crippen molar-refractivity contribution in [3.63, 3.8) is 0 Å². The Labute approximate surface area is 88.3 Å². The highest BCUT2D eigenvalue weighted by Gasteiger charge is 2.27. The molecule has 0 aliphatic carbocycles.